The summed E-state index contributed by atoms with van der Waals surface area (Å²) in [5.41, 5.74) is 0.469. The molecular formula is C17H15Cl2FN2O3. The molecule has 132 valence electrons. The number of carbonyl (C=O) groups excluding carboxylic acids is 2. The Hall–Kier alpha value is -2.31. The zero-order chi connectivity index (χ0) is 18.4. The van der Waals surface area contributed by atoms with Gasteiger partial charge in [-0.1, -0.05) is 29.3 Å². The molecule has 0 aliphatic rings. The Labute approximate surface area is 154 Å². The fourth-order valence-corrected chi connectivity index (χ4v) is 2.19. The summed E-state index contributed by atoms with van der Waals surface area (Å²) in [7, 11) is 1.46. The minimum absolute atomic E-state index is 0.175. The fraction of sp³-hybridized carbons (Fsp3) is 0.176. The molecule has 0 aromatic heterocycles. The van der Waals surface area contributed by atoms with Gasteiger partial charge in [-0.25, -0.2) is 4.39 Å². The summed E-state index contributed by atoms with van der Waals surface area (Å²) in [5, 5.41) is 3.30. The third-order valence-corrected chi connectivity index (χ3v) is 3.91. The van der Waals surface area contributed by atoms with Gasteiger partial charge in [0.05, 0.1) is 16.6 Å². The maximum Gasteiger partial charge on any atom is 0.260 e. The van der Waals surface area contributed by atoms with Crippen molar-refractivity contribution in [3.8, 4) is 5.75 Å². The molecule has 0 bridgehead atoms. The van der Waals surface area contributed by atoms with Crippen LogP contribution in [0.2, 0.25) is 10.0 Å². The van der Waals surface area contributed by atoms with Crippen LogP contribution in [-0.2, 0) is 9.59 Å². The number of rotatable bonds is 6. The molecule has 2 rings (SSSR count). The topological polar surface area (TPSA) is 58.6 Å². The molecule has 0 saturated carbocycles. The largest absolute Gasteiger partial charge is 0.484 e. The van der Waals surface area contributed by atoms with Gasteiger partial charge in [-0.05, 0) is 30.3 Å². The standard InChI is InChI=1S/C17H15Cl2FN2O3/c1-22(17(24)10-25-13-4-2-3-11(20)7-13)9-16(23)21-12-5-6-14(18)15(19)8-12/h2-8H,9-10H2,1H3,(H,21,23). The number of benzene rings is 2. The number of nitrogens with one attached hydrogen (secondary N) is 1. The van der Waals surface area contributed by atoms with Crippen LogP contribution in [0.4, 0.5) is 10.1 Å². The summed E-state index contributed by atoms with van der Waals surface area (Å²) in [5.74, 6) is -1.05. The number of nitrogens with zero attached hydrogens (tertiary/aromatic N) is 1. The molecule has 0 atom stereocenters. The van der Waals surface area contributed by atoms with Crippen LogP contribution in [0.1, 0.15) is 0 Å². The van der Waals surface area contributed by atoms with E-state index in [0.29, 0.717) is 15.7 Å². The number of amides is 2. The first-order valence-corrected chi connectivity index (χ1v) is 7.98. The van der Waals surface area contributed by atoms with Crippen LogP contribution in [0.15, 0.2) is 42.5 Å². The molecule has 2 aromatic carbocycles. The second-order valence-electron chi connectivity index (χ2n) is 5.17. The monoisotopic (exact) mass is 384 g/mol. The number of anilines is 1. The van der Waals surface area contributed by atoms with Gasteiger partial charge in [0.1, 0.15) is 11.6 Å². The van der Waals surface area contributed by atoms with Crippen LogP contribution >= 0.6 is 23.2 Å². The zero-order valence-corrected chi connectivity index (χ0v) is 14.8. The second kappa shape index (κ2) is 8.69. The summed E-state index contributed by atoms with van der Waals surface area (Å²) in [6.45, 7) is -0.481. The van der Waals surface area contributed by atoms with Crippen molar-refractivity contribution >= 4 is 40.7 Å². The van der Waals surface area contributed by atoms with Crippen molar-refractivity contribution in [2.24, 2.45) is 0 Å². The Balaban J connectivity index is 1.83. The molecule has 5 nitrogen and oxygen atoms in total. The number of carbonyl (C=O) groups is 2. The van der Waals surface area contributed by atoms with Crippen molar-refractivity contribution in [2.75, 3.05) is 25.5 Å². The van der Waals surface area contributed by atoms with Crippen molar-refractivity contribution < 1.29 is 18.7 Å². The maximum atomic E-state index is 13.0. The summed E-state index contributed by atoms with van der Waals surface area (Å²) in [6.07, 6.45) is 0. The Morgan fingerprint density at radius 1 is 1.16 bits per heavy atom. The van der Waals surface area contributed by atoms with Gasteiger partial charge in [-0.2, -0.15) is 0 Å². The van der Waals surface area contributed by atoms with Crippen LogP contribution in [-0.4, -0.2) is 36.9 Å². The van der Waals surface area contributed by atoms with E-state index in [4.69, 9.17) is 27.9 Å². The first-order chi connectivity index (χ1) is 11.8. The Bertz CT molecular complexity index is 786. The first kappa shape index (κ1) is 19.0. The normalized spacial score (nSPS) is 10.2. The maximum absolute atomic E-state index is 13.0. The molecule has 0 unspecified atom stereocenters. The molecule has 1 N–H and O–H groups in total. The van der Waals surface area contributed by atoms with E-state index in [1.165, 1.54) is 42.3 Å². The average Bonchev–Trinajstić information content (AvgIpc) is 2.56. The van der Waals surface area contributed by atoms with Gasteiger partial charge in [-0.15, -0.1) is 0 Å². The lowest BCUT2D eigenvalue weighted by Crippen LogP contribution is -2.37. The highest BCUT2D eigenvalue weighted by Gasteiger charge is 2.14. The summed E-state index contributed by atoms with van der Waals surface area (Å²) < 4.78 is 18.2. The van der Waals surface area contributed by atoms with Gasteiger partial charge in [0.15, 0.2) is 6.61 Å². The quantitative estimate of drug-likeness (QED) is 0.827. The molecule has 0 saturated heterocycles. The first-order valence-electron chi connectivity index (χ1n) is 7.22. The predicted molar refractivity (Wildman–Crippen MR) is 94.6 cm³/mol. The van der Waals surface area contributed by atoms with E-state index in [1.807, 2.05) is 0 Å². The second-order valence-corrected chi connectivity index (χ2v) is 5.99. The lowest BCUT2D eigenvalue weighted by molar-refractivity contribution is -0.135. The summed E-state index contributed by atoms with van der Waals surface area (Å²) in [4.78, 5) is 25.1. The van der Waals surface area contributed by atoms with Crippen LogP contribution in [0.25, 0.3) is 0 Å². The molecule has 0 aliphatic carbocycles. The zero-order valence-electron chi connectivity index (χ0n) is 13.3. The van der Waals surface area contributed by atoms with Gasteiger partial charge in [0.25, 0.3) is 5.91 Å². The van der Waals surface area contributed by atoms with E-state index in [-0.39, 0.29) is 18.9 Å². The molecule has 0 spiro atoms. The van der Waals surface area contributed by atoms with Crippen molar-refractivity contribution in [3.05, 3.63) is 58.3 Å². The highest BCUT2D eigenvalue weighted by atomic mass is 35.5. The third kappa shape index (κ3) is 5.92. The van der Waals surface area contributed by atoms with E-state index in [2.05, 4.69) is 5.32 Å². The van der Waals surface area contributed by atoms with Gasteiger partial charge >= 0.3 is 0 Å². The van der Waals surface area contributed by atoms with Gasteiger partial charge in [0, 0.05) is 18.8 Å². The molecule has 0 radical (unpaired) electrons. The van der Waals surface area contributed by atoms with Crippen molar-refractivity contribution in [1.29, 1.82) is 0 Å². The minimum atomic E-state index is -0.459. The van der Waals surface area contributed by atoms with Crippen LogP contribution in [0.3, 0.4) is 0 Å². The van der Waals surface area contributed by atoms with Gasteiger partial charge < -0.3 is 15.0 Å². The van der Waals surface area contributed by atoms with Gasteiger partial charge in [0.2, 0.25) is 5.91 Å². The Morgan fingerprint density at radius 2 is 1.92 bits per heavy atom. The lowest BCUT2D eigenvalue weighted by Gasteiger charge is -2.17. The molecule has 0 fully saturated rings. The SMILES string of the molecule is CN(CC(=O)Nc1ccc(Cl)c(Cl)c1)C(=O)COc1cccc(F)c1. The number of hydrogen-bond acceptors (Lipinski definition) is 3. The van der Waals surface area contributed by atoms with Crippen LogP contribution in [0.5, 0.6) is 5.75 Å². The molecule has 2 amide bonds. The molecule has 0 aliphatic heterocycles. The molecule has 0 heterocycles. The molecule has 2 aromatic rings. The van der Waals surface area contributed by atoms with E-state index in [9.17, 15) is 14.0 Å². The Kier molecular flexibility index (Phi) is 6.61. The molecule has 8 heteroatoms. The Morgan fingerprint density at radius 3 is 2.60 bits per heavy atom. The number of halogens is 3. The minimum Gasteiger partial charge on any atom is -0.484 e. The number of ether oxygens (including phenoxy) is 1. The lowest BCUT2D eigenvalue weighted by atomic mass is 10.3. The predicted octanol–water partition coefficient (Wildman–Crippen LogP) is 3.61. The van der Waals surface area contributed by atoms with E-state index >= 15 is 0 Å². The van der Waals surface area contributed by atoms with Crippen molar-refractivity contribution in [1.82, 2.24) is 4.90 Å². The van der Waals surface area contributed by atoms with Crippen LogP contribution in [0, 0.1) is 5.82 Å². The summed E-state index contributed by atoms with van der Waals surface area (Å²) >= 11 is 11.7. The number of hydrogen-bond donors (Lipinski definition) is 1. The van der Waals surface area contributed by atoms with E-state index < -0.39 is 17.6 Å². The average molecular weight is 385 g/mol. The highest BCUT2D eigenvalue weighted by Crippen LogP contribution is 2.24. The van der Waals surface area contributed by atoms with Gasteiger partial charge in [-0.3, -0.25) is 9.59 Å². The summed E-state index contributed by atoms with van der Waals surface area (Å²) in [6, 6.07) is 10.1. The van der Waals surface area contributed by atoms with Crippen LogP contribution < -0.4 is 10.1 Å². The fourth-order valence-electron chi connectivity index (χ4n) is 1.89. The van der Waals surface area contributed by atoms with Crippen molar-refractivity contribution in [2.45, 2.75) is 0 Å². The highest BCUT2D eigenvalue weighted by molar-refractivity contribution is 6.42. The van der Waals surface area contributed by atoms with E-state index in [0.717, 1.165) is 0 Å². The number of likely N-dealkylation sites (N-methyl/N-ethyl adjacent to an activating group) is 1. The third-order valence-electron chi connectivity index (χ3n) is 3.17. The smallest absolute Gasteiger partial charge is 0.260 e. The molecule has 25 heavy (non-hydrogen) atoms. The van der Waals surface area contributed by atoms with Crippen molar-refractivity contribution in [3.63, 3.8) is 0 Å². The van der Waals surface area contributed by atoms with E-state index in [1.54, 1.807) is 12.1 Å². The molecular weight excluding hydrogens is 370 g/mol.